The molecular weight excluding hydrogens is 517 g/mol. The van der Waals surface area contributed by atoms with Crippen LogP contribution in [0.1, 0.15) is 41.9 Å². The summed E-state index contributed by atoms with van der Waals surface area (Å²) >= 11 is 0. The van der Waals surface area contributed by atoms with Gasteiger partial charge < -0.3 is 14.2 Å². The summed E-state index contributed by atoms with van der Waals surface area (Å²) in [6.07, 6.45) is 1.61. The number of nitriles is 1. The fourth-order valence-corrected chi connectivity index (χ4v) is 3.92. The van der Waals surface area contributed by atoms with E-state index in [9.17, 15) is 18.0 Å². The zero-order chi connectivity index (χ0) is 28.0. The number of fused-ring (bicyclic) bond motifs is 1. The van der Waals surface area contributed by atoms with Gasteiger partial charge in [-0.2, -0.15) is 23.5 Å². The fourth-order valence-electron chi connectivity index (χ4n) is 3.92. The zero-order valence-corrected chi connectivity index (χ0v) is 21.2. The van der Waals surface area contributed by atoms with E-state index in [1.165, 1.54) is 23.0 Å². The van der Waals surface area contributed by atoms with Crippen LogP contribution < -0.4 is 4.74 Å². The minimum atomic E-state index is -4.74. The molecule has 0 amide bonds. The lowest BCUT2D eigenvalue weighted by molar-refractivity contribution is -0.141. The second kappa shape index (κ2) is 12.0. The lowest BCUT2D eigenvalue weighted by Crippen LogP contribution is -2.10. The molecule has 0 unspecified atom stereocenters. The average Bonchev–Trinajstić information content (AvgIpc) is 3.53. The quantitative estimate of drug-likeness (QED) is 0.190. The Hall–Kier alpha value is -4.44. The van der Waals surface area contributed by atoms with Crippen LogP contribution in [0.5, 0.6) is 11.6 Å². The first-order valence-corrected chi connectivity index (χ1v) is 12.2. The maximum atomic E-state index is 13.7. The van der Waals surface area contributed by atoms with Gasteiger partial charge in [0.25, 0.3) is 5.88 Å². The molecule has 0 saturated carbocycles. The number of aromatic nitrogens is 5. The van der Waals surface area contributed by atoms with Crippen LogP contribution in [0.3, 0.4) is 0 Å². The normalized spacial score (nSPS) is 11.5. The number of halogens is 3. The highest BCUT2D eigenvalue weighted by atomic mass is 19.4. The summed E-state index contributed by atoms with van der Waals surface area (Å²) in [5.41, 5.74) is 0.00380. The number of aryl methyl sites for hydroxylation is 1. The average molecular weight is 543 g/mol. The number of ether oxygens (including phenoxy) is 3. The molecule has 0 radical (unpaired) electrons. The number of carbonyl (C=O) groups is 1. The predicted octanol–water partition coefficient (Wildman–Crippen LogP) is 5.07. The smallest absolute Gasteiger partial charge is 0.435 e. The highest BCUT2D eigenvalue weighted by Crippen LogP contribution is 2.37. The van der Waals surface area contributed by atoms with Gasteiger partial charge in [-0.1, -0.05) is 6.92 Å². The number of imidazole rings is 1. The number of hydrogen-bond donors (Lipinski definition) is 0. The number of nitrogens with zero attached hydrogens (tertiary/aromatic N) is 6. The fraction of sp³-hybridized carbons (Fsp3) is 0.346. The molecule has 10 nitrogen and oxygen atoms in total. The van der Waals surface area contributed by atoms with Crippen LogP contribution in [0.4, 0.5) is 13.2 Å². The van der Waals surface area contributed by atoms with Crippen molar-refractivity contribution in [2.45, 2.75) is 39.4 Å². The third-order valence-corrected chi connectivity index (χ3v) is 5.70. The maximum absolute atomic E-state index is 13.7. The Bertz CT molecular complexity index is 1510. The Labute approximate surface area is 221 Å². The van der Waals surface area contributed by atoms with Crippen molar-refractivity contribution in [3.05, 3.63) is 59.8 Å². The summed E-state index contributed by atoms with van der Waals surface area (Å²) in [5, 5.41) is 12.4. The standard InChI is InChI=1S/C26H25F3N6O4/c1-3-17-14-18(6-7-19(17)25(36)38-13-5-12-37-4-2)39-24-23-32-15-21(35(23)11-9-31-24)20-16-34(10-8-30)33-22(20)26(27,28)29/h6-7,9,11,14-16H,3-5,10,12-13H2,1-2H3. The minimum absolute atomic E-state index is 0.0510. The van der Waals surface area contributed by atoms with Gasteiger partial charge in [0.1, 0.15) is 12.3 Å². The van der Waals surface area contributed by atoms with E-state index in [1.807, 2.05) is 13.8 Å². The van der Waals surface area contributed by atoms with Crippen LogP contribution in [0.2, 0.25) is 0 Å². The molecule has 39 heavy (non-hydrogen) atoms. The molecule has 4 aromatic rings. The van der Waals surface area contributed by atoms with Gasteiger partial charge in [0.05, 0.1) is 35.7 Å². The number of carbonyl (C=O) groups excluding carboxylic acids is 1. The van der Waals surface area contributed by atoms with Crippen molar-refractivity contribution in [1.82, 2.24) is 24.1 Å². The predicted molar refractivity (Wildman–Crippen MR) is 132 cm³/mol. The van der Waals surface area contributed by atoms with Crippen molar-refractivity contribution in [1.29, 1.82) is 5.26 Å². The number of rotatable bonds is 11. The molecule has 3 aromatic heterocycles. The molecule has 0 saturated heterocycles. The van der Waals surface area contributed by atoms with Crippen molar-refractivity contribution in [2.75, 3.05) is 19.8 Å². The molecule has 3 heterocycles. The molecule has 0 aliphatic heterocycles. The molecule has 13 heteroatoms. The summed E-state index contributed by atoms with van der Waals surface area (Å²) in [6.45, 7) is 4.77. The van der Waals surface area contributed by atoms with E-state index in [4.69, 9.17) is 19.5 Å². The van der Waals surface area contributed by atoms with E-state index in [0.717, 1.165) is 10.9 Å². The first kappa shape index (κ1) is 27.6. The van der Waals surface area contributed by atoms with E-state index in [2.05, 4.69) is 15.1 Å². The van der Waals surface area contributed by atoms with Crippen molar-refractivity contribution in [3.8, 4) is 29.0 Å². The van der Waals surface area contributed by atoms with Crippen LogP contribution in [-0.4, -0.2) is 49.9 Å². The lowest BCUT2D eigenvalue weighted by atomic mass is 10.0. The largest absolute Gasteiger partial charge is 0.462 e. The van der Waals surface area contributed by atoms with Gasteiger partial charge in [0.15, 0.2) is 5.69 Å². The number of alkyl halides is 3. The molecule has 0 N–H and O–H groups in total. The van der Waals surface area contributed by atoms with Gasteiger partial charge in [-0.05, 0) is 37.1 Å². The third-order valence-electron chi connectivity index (χ3n) is 5.70. The molecule has 0 fully saturated rings. The lowest BCUT2D eigenvalue weighted by Gasteiger charge is -2.12. The first-order valence-electron chi connectivity index (χ1n) is 12.2. The summed E-state index contributed by atoms with van der Waals surface area (Å²) in [5.74, 6) is -0.0387. The molecular formula is C26H25F3N6O4. The second-order valence-corrected chi connectivity index (χ2v) is 8.28. The molecule has 0 aliphatic carbocycles. The van der Waals surface area contributed by atoms with Gasteiger partial charge in [-0.15, -0.1) is 0 Å². The zero-order valence-electron chi connectivity index (χ0n) is 21.2. The van der Waals surface area contributed by atoms with Crippen molar-refractivity contribution >= 4 is 11.6 Å². The SMILES string of the molecule is CCOCCCOC(=O)c1ccc(Oc2nccn3c(-c4cn(CC#N)nc4C(F)(F)F)cnc23)cc1CC. The first-order chi connectivity index (χ1) is 18.8. The Morgan fingerprint density at radius 1 is 1.18 bits per heavy atom. The van der Waals surface area contributed by atoms with Crippen LogP contribution >= 0.6 is 0 Å². The Balaban J connectivity index is 1.60. The summed E-state index contributed by atoms with van der Waals surface area (Å²) in [7, 11) is 0. The Morgan fingerprint density at radius 2 is 2.00 bits per heavy atom. The van der Waals surface area contributed by atoms with E-state index in [1.54, 1.807) is 24.3 Å². The topological polar surface area (TPSA) is 117 Å². The minimum Gasteiger partial charge on any atom is -0.462 e. The van der Waals surface area contributed by atoms with Crippen molar-refractivity contribution in [3.63, 3.8) is 0 Å². The molecule has 1 aromatic carbocycles. The van der Waals surface area contributed by atoms with Crippen LogP contribution in [0.25, 0.3) is 16.9 Å². The van der Waals surface area contributed by atoms with Gasteiger partial charge in [-0.3, -0.25) is 9.08 Å². The number of hydrogen-bond acceptors (Lipinski definition) is 8. The molecule has 0 spiro atoms. The molecule has 4 rings (SSSR count). The molecule has 204 valence electrons. The molecule has 0 bridgehead atoms. The van der Waals surface area contributed by atoms with Crippen LogP contribution in [0, 0.1) is 11.3 Å². The van der Waals surface area contributed by atoms with E-state index >= 15 is 0 Å². The van der Waals surface area contributed by atoms with Gasteiger partial charge >= 0.3 is 12.1 Å². The maximum Gasteiger partial charge on any atom is 0.435 e. The Kier molecular flexibility index (Phi) is 8.46. The van der Waals surface area contributed by atoms with E-state index in [0.29, 0.717) is 42.9 Å². The summed E-state index contributed by atoms with van der Waals surface area (Å²) in [4.78, 5) is 21.0. The van der Waals surface area contributed by atoms with E-state index in [-0.39, 0.29) is 35.9 Å². The number of benzene rings is 1. The second-order valence-electron chi connectivity index (χ2n) is 8.28. The van der Waals surface area contributed by atoms with Gasteiger partial charge in [0, 0.05) is 38.2 Å². The van der Waals surface area contributed by atoms with Crippen LogP contribution in [0.15, 0.2) is 43.0 Å². The highest BCUT2D eigenvalue weighted by molar-refractivity contribution is 5.91. The van der Waals surface area contributed by atoms with Crippen LogP contribution in [-0.2, 0) is 28.6 Å². The van der Waals surface area contributed by atoms with Gasteiger partial charge in [0.2, 0.25) is 5.65 Å². The van der Waals surface area contributed by atoms with Crippen molar-refractivity contribution in [2.24, 2.45) is 0 Å². The van der Waals surface area contributed by atoms with Gasteiger partial charge in [-0.25, -0.2) is 14.8 Å². The highest BCUT2D eigenvalue weighted by Gasteiger charge is 2.38. The number of esters is 1. The van der Waals surface area contributed by atoms with Crippen molar-refractivity contribution < 1.29 is 32.2 Å². The summed E-state index contributed by atoms with van der Waals surface area (Å²) < 4.78 is 59.9. The van der Waals surface area contributed by atoms with E-state index < -0.39 is 17.8 Å². The Morgan fingerprint density at radius 3 is 2.72 bits per heavy atom. The molecule has 0 aliphatic rings. The molecule has 0 atom stereocenters. The third kappa shape index (κ3) is 6.18. The summed E-state index contributed by atoms with van der Waals surface area (Å²) in [6, 6.07) is 6.63. The monoisotopic (exact) mass is 542 g/mol.